The number of rotatable bonds is 11. The molecule has 2 aliphatic rings. The van der Waals surface area contributed by atoms with E-state index in [1.807, 2.05) is 12.1 Å². The molecule has 0 spiro atoms. The second kappa shape index (κ2) is 15.7. The number of aliphatic imine (C=N–C) groups is 1. The van der Waals surface area contributed by atoms with Gasteiger partial charge in [-0.2, -0.15) is 0 Å². The zero-order valence-corrected chi connectivity index (χ0v) is 22.5. The Balaban J connectivity index is 0.00000385. The number of benzene rings is 1. The highest BCUT2D eigenvalue weighted by Gasteiger charge is 2.25. The number of ether oxygens (including phenoxy) is 2. The number of hydrogen-bond donors (Lipinski definition) is 1. The van der Waals surface area contributed by atoms with Crippen LogP contribution in [0.2, 0.25) is 0 Å². The third kappa shape index (κ3) is 9.18. The molecule has 0 bridgehead atoms. The lowest BCUT2D eigenvalue weighted by Gasteiger charge is -2.36. The molecule has 33 heavy (non-hydrogen) atoms. The van der Waals surface area contributed by atoms with Gasteiger partial charge in [0.15, 0.2) is 5.96 Å². The molecule has 1 unspecified atom stereocenters. The summed E-state index contributed by atoms with van der Waals surface area (Å²) in [6.45, 7) is 12.7. The Morgan fingerprint density at radius 2 is 1.94 bits per heavy atom. The van der Waals surface area contributed by atoms with Crippen molar-refractivity contribution in [3.63, 3.8) is 0 Å². The number of nitrogens with zero attached hydrogens (tertiary/aromatic N) is 4. The Kier molecular flexibility index (Phi) is 13.3. The predicted octanol–water partition coefficient (Wildman–Crippen LogP) is 2.91. The number of anilines is 1. The lowest BCUT2D eigenvalue weighted by Crippen LogP contribution is -2.47. The lowest BCUT2D eigenvalue weighted by molar-refractivity contribution is 0.0536. The first kappa shape index (κ1) is 28.1. The van der Waals surface area contributed by atoms with Gasteiger partial charge in [-0.1, -0.05) is 12.1 Å². The fourth-order valence-electron chi connectivity index (χ4n) is 4.38. The van der Waals surface area contributed by atoms with E-state index in [2.05, 4.69) is 26.9 Å². The van der Waals surface area contributed by atoms with Crippen LogP contribution in [0.25, 0.3) is 0 Å². The molecule has 0 aromatic heterocycles. The number of methoxy groups -OCH3 is 1. The van der Waals surface area contributed by atoms with Crippen LogP contribution in [-0.2, 0) is 9.47 Å². The van der Waals surface area contributed by atoms with Gasteiger partial charge in [-0.05, 0) is 31.9 Å². The van der Waals surface area contributed by atoms with E-state index in [0.717, 1.165) is 90.0 Å². The first-order chi connectivity index (χ1) is 15.7. The van der Waals surface area contributed by atoms with Gasteiger partial charge in [0.05, 0.1) is 25.5 Å². The third-order valence-corrected chi connectivity index (χ3v) is 6.17. The van der Waals surface area contributed by atoms with Crippen LogP contribution < -0.4 is 10.2 Å². The zero-order valence-electron chi connectivity index (χ0n) is 20.2. The Labute approximate surface area is 215 Å². The second-order valence-corrected chi connectivity index (χ2v) is 8.54. The lowest BCUT2D eigenvalue weighted by atomic mass is 10.1. The van der Waals surface area contributed by atoms with Crippen molar-refractivity contribution < 1.29 is 13.9 Å². The average molecular weight is 578 g/mol. The number of likely N-dealkylation sites (tertiary alicyclic amines) is 1. The maximum Gasteiger partial charge on any atom is 0.193 e. The van der Waals surface area contributed by atoms with Crippen molar-refractivity contribution in [3.8, 4) is 0 Å². The molecule has 1 aromatic carbocycles. The molecule has 0 radical (unpaired) electrons. The quantitative estimate of drug-likeness (QED) is 0.189. The number of para-hydroxylation sites is 1. The highest BCUT2D eigenvalue weighted by molar-refractivity contribution is 14.0. The van der Waals surface area contributed by atoms with Crippen LogP contribution >= 0.6 is 24.0 Å². The van der Waals surface area contributed by atoms with Gasteiger partial charge in [-0.15, -0.1) is 24.0 Å². The summed E-state index contributed by atoms with van der Waals surface area (Å²) in [7, 11) is 1.70. The van der Waals surface area contributed by atoms with E-state index in [4.69, 9.17) is 14.5 Å². The van der Waals surface area contributed by atoms with E-state index in [0.29, 0.717) is 19.1 Å². The summed E-state index contributed by atoms with van der Waals surface area (Å²) in [4.78, 5) is 11.9. The summed E-state index contributed by atoms with van der Waals surface area (Å²) >= 11 is 0. The standard InChI is InChI=1S/C24H40FN5O2.HI/c1-3-26-24(30-12-9-21(19-30)20-32-18-17-31-2)27-10-6-11-28-13-15-29(16-14-28)23-8-5-4-7-22(23)25;/h4-5,7-8,21H,3,6,9-20H2,1-2H3,(H,26,27);1H. The van der Waals surface area contributed by atoms with E-state index in [9.17, 15) is 4.39 Å². The number of nitrogens with one attached hydrogen (secondary N) is 1. The van der Waals surface area contributed by atoms with E-state index in [1.54, 1.807) is 19.2 Å². The van der Waals surface area contributed by atoms with Crippen molar-refractivity contribution in [1.29, 1.82) is 0 Å². The molecule has 0 amide bonds. The molecule has 2 saturated heterocycles. The molecule has 1 N–H and O–H groups in total. The van der Waals surface area contributed by atoms with Crippen molar-refractivity contribution in [2.24, 2.45) is 10.9 Å². The maximum absolute atomic E-state index is 14.0. The van der Waals surface area contributed by atoms with Crippen molar-refractivity contribution in [3.05, 3.63) is 30.1 Å². The van der Waals surface area contributed by atoms with Crippen LogP contribution in [0.4, 0.5) is 10.1 Å². The molecular formula is C24H41FIN5O2. The van der Waals surface area contributed by atoms with Crippen LogP contribution in [0.1, 0.15) is 19.8 Å². The molecule has 9 heteroatoms. The maximum atomic E-state index is 14.0. The van der Waals surface area contributed by atoms with Crippen LogP contribution in [-0.4, -0.2) is 102 Å². The summed E-state index contributed by atoms with van der Waals surface area (Å²) in [5, 5.41) is 3.45. The zero-order chi connectivity index (χ0) is 22.6. The minimum absolute atomic E-state index is 0. The van der Waals surface area contributed by atoms with Gasteiger partial charge in [-0.3, -0.25) is 9.89 Å². The highest BCUT2D eigenvalue weighted by Crippen LogP contribution is 2.20. The first-order valence-electron chi connectivity index (χ1n) is 12.0. The smallest absolute Gasteiger partial charge is 0.193 e. The molecule has 0 aliphatic carbocycles. The Hall–Kier alpha value is -1.17. The highest BCUT2D eigenvalue weighted by atomic mass is 127. The fraction of sp³-hybridized carbons (Fsp3) is 0.708. The SMILES string of the molecule is CCNC(=NCCCN1CCN(c2ccccc2F)CC1)N1CCC(COCCOC)C1.I. The normalized spacial score (nSPS) is 19.6. The van der Waals surface area contributed by atoms with Crippen LogP contribution in [0, 0.1) is 11.7 Å². The monoisotopic (exact) mass is 577 g/mol. The van der Waals surface area contributed by atoms with E-state index in [-0.39, 0.29) is 29.8 Å². The van der Waals surface area contributed by atoms with Crippen molar-refractivity contribution in [2.45, 2.75) is 19.8 Å². The average Bonchev–Trinajstić information content (AvgIpc) is 3.28. The number of hydrogen-bond acceptors (Lipinski definition) is 5. The minimum Gasteiger partial charge on any atom is -0.382 e. The molecular weight excluding hydrogens is 536 g/mol. The summed E-state index contributed by atoms with van der Waals surface area (Å²) in [5.41, 5.74) is 0.722. The second-order valence-electron chi connectivity index (χ2n) is 8.54. The number of halogens is 2. The van der Waals surface area contributed by atoms with Crippen LogP contribution in [0.5, 0.6) is 0 Å². The first-order valence-corrected chi connectivity index (χ1v) is 12.0. The van der Waals surface area contributed by atoms with Crippen molar-refractivity contribution in [2.75, 3.05) is 90.7 Å². The summed E-state index contributed by atoms with van der Waals surface area (Å²) in [6, 6.07) is 7.06. The molecule has 1 aromatic rings. The summed E-state index contributed by atoms with van der Waals surface area (Å²) < 4.78 is 24.8. The molecule has 1 atom stereocenters. The molecule has 2 heterocycles. The third-order valence-electron chi connectivity index (χ3n) is 6.17. The van der Waals surface area contributed by atoms with E-state index >= 15 is 0 Å². The fourth-order valence-corrected chi connectivity index (χ4v) is 4.38. The topological polar surface area (TPSA) is 52.6 Å². The van der Waals surface area contributed by atoms with Crippen molar-refractivity contribution in [1.82, 2.24) is 15.1 Å². The van der Waals surface area contributed by atoms with Crippen LogP contribution in [0.15, 0.2) is 29.3 Å². The summed E-state index contributed by atoms with van der Waals surface area (Å²) in [5.74, 6) is 1.45. The Morgan fingerprint density at radius 3 is 2.67 bits per heavy atom. The minimum atomic E-state index is -0.128. The number of guanidine groups is 1. The van der Waals surface area contributed by atoms with Crippen LogP contribution in [0.3, 0.4) is 0 Å². The molecule has 2 fully saturated rings. The van der Waals surface area contributed by atoms with Gasteiger partial charge in [0.1, 0.15) is 5.82 Å². The number of piperazine rings is 1. The van der Waals surface area contributed by atoms with Gasteiger partial charge in [0.25, 0.3) is 0 Å². The molecule has 2 aliphatic heterocycles. The predicted molar refractivity (Wildman–Crippen MR) is 143 cm³/mol. The van der Waals surface area contributed by atoms with Gasteiger partial charge in [0, 0.05) is 71.9 Å². The van der Waals surface area contributed by atoms with Crippen molar-refractivity contribution >= 4 is 35.6 Å². The summed E-state index contributed by atoms with van der Waals surface area (Å²) in [6.07, 6.45) is 2.18. The molecule has 188 valence electrons. The van der Waals surface area contributed by atoms with Gasteiger partial charge in [-0.25, -0.2) is 4.39 Å². The van der Waals surface area contributed by atoms with Gasteiger partial charge in [0.2, 0.25) is 0 Å². The van der Waals surface area contributed by atoms with Gasteiger partial charge < -0.3 is 24.6 Å². The molecule has 3 rings (SSSR count). The Morgan fingerprint density at radius 1 is 1.15 bits per heavy atom. The molecule has 0 saturated carbocycles. The largest absolute Gasteiger partial charge is 0.382 e. The Bertz CT molecular complexity index is 703. The van der Waals surface area contributed by atoms with Gasteiger partial charge >= 0.3 is 0 Å². The van der Waals surface area contributed by atoms with E-state index in [1.165, 1.54) is 0 Å². The van der Waals surface area contributed by atoms with E-state index < -0.39 is 0 Å². The molecule has 7 nitrogen and oxygen atoms in total.